The molecule has 1 aromatic carbocycles. The molecule has 1 saturated heterocycles. The molecule has 1 amide bonds. The Kier molecular flexibility index (Phi) is 5.55. The number of nitrogens with zero attached hydrogens (tertiary/aromatic N) is 1. The maximum Gasteiger partial charge on any atom is 0.491 e. The van der Waals surface area contributed by atoms with Gasteiger partial charge in [0.05, 0.1) is 24.5 Å². The van der Waals surface area contributed by atoms with E-state index in [9.17, 15) is 14.2 Å². The van der Waals surface area contributed by atoms with E-state index < -0.39 is 18.8 Å². The first-order valence-electron chi connectivity index (χ1n) is 8.26. The molecule has 0 aromatic heterocycles. The predicted molar refractivity (Wildman–Crippen MR) is 94.3 cm³/mol. The SMILES string of the molecule is NC(=O)/C(=C/NC1CCCOC1)C(N)=Nc1cc(F)c2c(c1)B(O)OC2. The average molecular weight is 362 g/mol. The molecule has 2 heterocycles. The third-order valence-electron chi connectivity index (χ3n) is 4.28. The van der Waals surface area contributed by atoms with E-state index in [0.717, 1.165) is 18.9 Å². The number of rotatable bonds is 5. The third-order valence-corrected chi connectivity index (χ3v) is 4.28. The van der Waals surface area contributed by atoms with Crippen molar-refractivity contribution < 1.29 is 23.6 Å². The van der Waals surface area contributed by atoms with Gasteiger partial charge in [-0.05, 0) is 30.4 Å². The smallest absolute Gasteiger partial charge is 0.423 e. The second kappa shape index (κ2) is 7.86. The number of hydrogen-bond donors (Lipinski definition) is 4. The number of carbonyl (C=O) groups excluding carboxylic acids is 1. The maximum absolute atomic E-state index is 14.1. The fraction of sp³-hybridized carbons (Fsp3) is 0.375. The van der Waals surface area contributed by atoms with Crippen molar-refractivity contribution in [1.82, 2.24) is 5.32 Å². The van der Waals surface area contributed by atoms with Crippen molar-refractivity contribution in [3.63, 3.8) is 0 Å². The molecule has 1 fully saturated rings. The number of benzene rings is 1. The van der Waals surface area contributed by atoms with Crippen molar-refractivity contribution in [3.8, 4) is 0 Å². The minimum atomic E-state index is -1.21. The molecule has 3 rings (SSSR count). The fourth-order valence-electron chi connectivity index (χ4n) is 2.88. The maximum atomic E-state index is 14.1. The van der Waals surface area contributed by atoms with Gasteiger partial charge in [-0.1, -0.05) is 0 Å². The van der Waals surface area contributed by atoms with E-state index in [2.05, 4.69) is 10.3 Å². The Morgan fingerprint density at radius 3 is 2.96 bits per heavy atom. The topological polar surface area (TPSA) is 132 Å². The number of carbonyl (C=O) groups is 1. The standard InChI is InChI=1S/C16H20BFN4O4/c18-14-5-10(4-13-12(14)8-26-17(13)24)22-15(19)11(16(20)23)6-21-9-2-1-3-25-7-9/h4-6,9,21,24H,1-3,7-8H2,(H2,19,22)(H2,20,23)/b11-6+. The highest BCUT2D eigenvalue weighted by atomic mass is 19.1. The number of nitrogens with one attached hydrogen (secondary N) is 1. The Bertz CT molecular complexity index is 765. The molecule has 8 nitrogen and oxygen atoms in total. The molecule has 6 N–H and O–H groups in total. The Labute approximate surface area is 150 Å². The van der Waals surface area contributed by atoms with Gasteiger partial charge in [-0.2, -0.15) is 0 Å². The normalized spacial score (nSPS) is 20.8. The minimum Gasteiger partial charge on any atom is -0.423 e. The number of aliphatic imine (C=N–C) groups is 1. The Morgan fingerprint density at radius 1 is 1.46 bits per heavy atom. The third kappa shape index (κ3) is 4.04. The number of hydrogen-bond acceptors (Lipinski definition) is 6. The van der Waals surface area contributed by atoms with Crippen LogP contribution in [-0.2, 0) is 20.8 Å². The van der Waals surface area contributed by atoms with Gasteiger partial charge in [0.15, 0.2) is 0 Å². The monoisotopic (exact) mass is 362 g/mol. The van der Waals surface area contributed by atoms with Crippen LogP contribution in [-0.4, -0.2) is 43.1 Å². The number of ether oxygens (including phenoxy) is 1. The van der Waals surface area contributed by atoms with E-state index in [0.29, 0.717) is 18.7 Å². The van der Waals surface area contributed by atoms with E-state index in [4.69, 9.17) is 20.9 Å². The highest BCUT2D eigenvalue weighted by Crippen LogP contribution is 2.21. The van der Waals surface area contributed by atoms with Gasteiger partial charge in [0.1, 0.15) is 11.7 Å². The van der Waals surface area contributed by atoms with Crippen LogP contribution >= 0.6 is 0 Å². The molecule has 1 aromatic rings. The van der Waals surface area contributed by atoms with Crippen molar-refractivity contribution in [2.24, 2.45) is 16.5 Å². The van der Waals surface area contributed by atoms with Gasteiger partial charge in [-0.25, -0.2) is 9.38 Å². The van der Waals surface area contributed by atoms with Crippen LogP contribution in [0.25, 0.3) is 0 Å². The van der Waals surface area contributed by atoms with Crippen LogP contribution in [0.2, 0.25) is 0 Å². The summed E-state index contributed by atoms with van der Waals surface area (Å²) in [5.74, 6) is -1.48. The van der Waals surface area contributed by atoms with Crippen LogP contribution in [0.5, 0.6) is 0 Å². The van der Waals surface area contributed by atoms with Crippen LogP contribution < -0.4 is 22.2 Å². The molecular formula is C16H20BFN4O4. The Morgan fingerprint density at radius 2 is 2.27 bits per heavy atom. The molecule has 0 bridgehead atoms. The molecule has 1 atom stereocenters. The van der Waals surface area contributed by atoms with Crippen molar-refractivity contribution in [1.29, 1.82) is 0 Å². The second-order valence-electron chi connectivity index (χ2n) is 6.16. The second-order valence-corrected chi connectivity index (χ2v) is 6.16. The van der Waals surface area contributed by atoms with Gasteiger partial charge in [-0.3, -0.25) is 4.79 Å². The first-order chi connectivity index (χ1) is 12.5. The van der Waals surface area contributed by atoms with Crippen LogP contribution in [0.1, 0.15) is 18.4 Å². The first kappa shape index (κ1) is 18.4. The number of primary amides is 1. The molecule has 2 aliphatic rings. The molecule has 1 unspecified atom stereocenters. The van der Waals surface area contributed by atoms with E-state index in [1.807, 2.05) is 0 Å². The molecule has 0 saturated carbocycles. The molecule has 10 heteroatoms. The highest BCUT2D eigenvalue weighted by Gasteiger charge is 2.30. The zero-order valence-electron chi connectivity index (χ0n) is 14.1. The molecule has 0 radical (unpaired) electrons. The molecular weight excluding hydrogens is 342 g/mol. The van der Waals surface area contributed by atoms with E-state index in [-0.39, 0.29) is 35.3 Å². The van der Waals surface area contributed by atoms with Crippen LogP contribution in [0.4, 0.5) is 10.1 Å². The first-order valence-corrected chi connectivity index (χ1v) is 8.26. The molecule has 138 valence electrons. The fourth-order valence-corrected chi connectivity index (χ4v) is 2.88. The van der Waals surface area contributed by atoms with E-state index in [1.165, 1.54) is 12.3 Å². The summed E-state index contributed by atoms with van der Waals surface area (Å²) >= 11 is 0. The van der Waals surface area contributed by atoms with Gasteiger partial charge >= 0.3 is 7.12 Å². The van der Waals surface area contributed by atoms with Crippen molar-refractivity contribution in [2.75, 3.05) is 13.2 Å². The lowest BCUT2D eigenvalue weighted by molar-refractivity contribution is -0.114. The number of fused-ring (bicyclic) bond motifs is 1. The number of halogens is 1. The average Bonchev–Trinajstić information content (AvgIpc) is 2.97. The summed E-state index contributed by atoms with van der Waals surface area (Å²) in [4.78, 5) is 15.8. The quantitative estimate of drug-likeness (QED) is 0.234. The van der Waals surface area contributed by atoms with Gasteiger partial charge in [0.2, 0.25) is 0 Å². The lowest BCUT2D eigenvalue weighted by Gasteiger charge is -2.22. The van der Waals surface area contributed by atoms with Gasteiger partial charge in [0, 0.05) is 24.4 Å². The van der Waals surface area contributed by atoms with Crippen LogP contribution in [0.3, 0.4) is 0 Å². The van der Waals surface area contributed by atoms with Gasteiger partial charge in [-0.15, -0.1) is 0 Å². The summed E-state index contributed by atoms with van der Waals surface area (Å²) in [6.45, 7) is 1.22. The summed E-state index contributed by atoms with van der Waals surface area (Å²) in [5.41, 5.74) is 12.0. The molecule has 26 heavy (non-hydrogen) atoms. The molecule has 2 aliphatic heterocycles. The summed E-state index contributed by atoms with van der Waals surface area (Å²) < 4.78 is 24.4. The number of nitrogens with two attached hydrogens (primary N) is 2. The minimum absolute atomic E-state index is 0.0123. The van der Waals surface area contributed by atoms with Gasteiger partial charge in [0.25, 0.3) is 5.91 Å². The summed E-state index contributed by atoms with van der Waals surface area (Å²) in [5, 5.41) is 12.8. The zero-order chi connectivity index (χ0) is 18.7. The van der Waals surface area contributed by atoms with Crippen LogP contribution in [0, 0.1) is 5.82 Å². The van der Waals surface area contributed by atoms with Crippen molar-refractivity contribution in [3.05, 3.63) is 35.3 Å². The molecule has 0 spiro atoms. The summed E-state index contributed by atoms with van der Waals surface area (Å²) in [6.07, 6.45) is 3.22. The Hall–Kier alpha value is -2.43. The molecule has 0 aliphatic carbocycles. The number of amidine groups is 1. The summed E-state index contributed by atoms with van der Waals surface area (Å²) in [6, 6.07) is 2.67. The van der Waals surface area contributed by atoms with Crippen molar-refractivity contribution >= 4 is 30.0 Å². The highest BCUT2D eigenvalue weighted by molar-refractivity contribution is 6.61. The summed E-state index contributed by atoms with van der Waals surface area (Å²) in [7, 11) is -1.21. The van der Waals surface area contributed by atoms with E-state index >= 15 is 0 Å². The van der Waals surface area contributed by atoms with Crippen molar-refractivity contribution in [2.45, 2.75) is 25.5 Å². The number of amides is 1. The predicted octanol–water partition coefficient (Wildman–Crippen LogP) is -0.830. The van der Waals surface area contributed by atoms with E-state index in [1.54, 1.807) is 0 Å². The van der Waals surface area contributed by atoms with Crippen LogP contribution in [0.15, 0.2) is 28.9 Å². The van der Waals surface area contributed by atoms with Gasteiger partial charge < -0.3 is 31.2 Å². The Balaban J connectivity index is 1.82. The lowest BCUT2D eigenvalue weighted by atomic mass is 9.79. The largest absolute Gasteiger partial charge is 0.491 e. The lowest BCUT2D eigenvalue weighted by Crippen LogP contribution is -2.36. The zero-order valence-corrected chi connectivity index (χ0v) is 14.1.